The molecule has 0 radical (unpaired) electrons. The minimum absolute atomic E-state index is 0.219. The zero-order valence-corrected chi connectivity index (χ0v) is 10.8. The number of fused-ring (bicyclic) bond motifs is 1. The first-order valence-corrected chi connectivity index (χ1v) is 5.91. The number of carbonyl (C=O) groups is 1. The van der Waals surface area contributed by atoms with E-state index >= 15 is 0 Å². The van der Waals surface area contributed by atoms with E-state index in [0.717, 1.165) is 10.0 Å². The van der Waals surface area contributed by atoms with Crippen molar-refractivity contribution >= 4 is 21.9 Å². The van der Waals surface area contributed by atoms with Gasteiger partial charge in [-0.05, 0) is 40.5 Å². The summed E-state index contributed by atoms with van der Waals surface area (Å²) in [5, 5.41) is 11.7. The maximum absolute atomic E-state index is 10.7. The molecule has 0 spiro atoms. The van der Waals surface area contributed by atoms with Crippen molar-refractivity contribution < 1.29 is 19.4 Å². The largest absolute Gasteiger partial charge is 0.480 e. The van der Waals surface area contributed by atoms with Crippen LogP contribution in [0.15, 0.2) is 16.6 Å². The first-order valence-electron chi connectivity index (χ1n) is 5.12. The van der Waals surface area contributed by atoms with E-state index in [1.807, 2.05) is 12.1 Å². The van der Waals surface area contributed by atoms with Crippen LogP contribution in [0.2, 0.25) is 0 Å². The number of aliphatic carboxylic acids is 1. The Morgan fingerprint density at radius 3 is 3.06 bits per heavy atom. The fourth-order valence-corrected chi connectivity index (χ4v) is 2.08. The normalized spacial score (nSPS) is 14.7. The van der Waals surface area contributed by atoms with Crippen molar-refractivity contribution in [1.82, 2.24) is 5.32 Å². The molecule has 1 heterocycles. The van der Waals surface area contributed by atoms with Crippen molar-refractivity contribution in [2.75, 3.05) is 6.79 Å². The second kappa shape index (κ2) is 4.93. The summed E-state index contributed by atoms with van der Waals surface area (Å²) < 4.78 is 11.4. The molecule has 0 amide bonds. The molecule has 2 rings (SSSR count). The van der Waals surface area contributed by atoms with Gasteiger partial charge in [0.15, 0.2) is 11.5 Å². The molecule has 5 nitrogen and oxygen atoms in total. The zero-order valence-electron chi connectivity index (χ0n) is 9.20. The molecule has 1 unspecified atom stereocenters. The van der Waals surface area contributed by atoms with Gasteiger partial charge in [-0.2, -0.15) is 0 Å². The second-order valence-electron chi connectivity index (χ2n) is 3.75. The Kier molecular flexibility index (Phi) is 3.54. The van der Waals surface area contributed by atoms with Gasteiger partial charge in [-0.15, -0.1) is 0 Å². The Labute approximate surface area is 107 Å². The monoisotopic (exact) mass is 301 g/mol. The van der Waals surface area contributed by atoms with Crippen LogP contribution in [0, 0.1) is 0 Å². The number of nitrogens with one attached hydrogen (secondary N) is 1. The van der Waals surface area contributed by atoms with E-state index in [2.05, 4.69) is 21.2 Å². The van der Waals surface area contributed by atoms with Crippen LogP contribution < -0.4 is 14.8 Å². The van der Waals surface area contributed by atoms with Crippen molar-refractivity contribution in [2.45, 2.75) is 19.5 Å². The quantitative estimate of drug-likeness (QED) is 0.887. The summed E-state index contributed by atoms with van der Waals surface area (Å²) in [6.45, 7) is 2.28. The summed E-state index contributed by atoms with van der Waals surface area (Å²) in [7, 11) is 0. The molecule has 1 atom stereocenters. The molecule has 1 aromatic carbocycles. The Morgan fingerprint density at radius 2 is 2.35 bits per heavy atom. The van der Waals surface area contributed by atoms with Crippen LogP contribution in [0.5, 0.6) is 11.5 Å². The van der Waals surface area contributed by atoms with Crippen molar-refractivity contribution in [1.29, 1.82) is 0 Å². The van der Waals surface area contributed by atoms with E-state index < -0.39 is 12.0 Å². The molecule has 92 valence electrons. The summed E-state index contributed by atoms with van der Waals surface area (Å²) >= 11 is 3.38. The second-order valence-corrected chi connectivity index (χ2v) is 4.61. The maximum atomic E-state index is 10.7. The molecule has 1 aliphatic rings. The Bertz CT molecular complexity index is 449. The molecular weight excluding hydrogens is 290 g/mol. The Morgan fingerprint density at radius 1 is 1.59 bits per heavy atom. The third-order valence-electron chi connectivity index (χ3n) is 2.47. The lowest BCUT2D eigenvalue weighted by Crippen LogP contribution is -2.33. The summed E-state index contributed by atoms with van der Waals surface area (Å²) in [5.41, 5.74) is 0.939. The summed E-state index contributed by atoms with van der Waals surface area (Å²) in [5.74, 6) is 0.504. The zero-order chi connectivity index (χ0) is 12.4. The number of hydrogen-bond acceptors (Lipinski definition) is 4. The molecule has 0 bridgehead atoms. The van der Waals surface area contributed by atoms with Gasteiger partial charge in [-0.1, -0.05) is 0 Å². The van der Waals surface area contributed by atoms with Gasteiger partial charge in [-0.3, -0.25) is 4.79 Å². The molecular formula is C11H12BrNO4. The van der Waals surface area contributed by atoms with Crippen molar-refractivity contribution in [3.8, 4) is 11.5 Å². The SMILES string of the molecule is CC(NCc1cc(Br)c2c(c1)OCO2)C(=O)O. The smallest absolute Gasteiger partial charge is 0.320 e. The topological polar surface area (TPSA) is 67.8 Å². The standard InChI is InChI=1S/C11H12BrNO4/c1-6(11(14)15)13-4-7-2-8(12)10-9(3-7)16-5-17-10/h2-3,6,13H,4-5H2,1H3,(H,14,15). The van der Waals surface area contributed by atoms with Gasteiger partial charge in [0.1, 0.15) is 6.04 Å². The third-order valence-corrected chi connectivity index (χ3v) is 3.06. The molecule has 0 fully saturated rings. The molecule has 0 aromatic heterocycles. The van der Waals surface area contributed by atoms with E-state index in [-0.39, 0.29) is 6.79 Å². The molecule has 0 aliphatic carbocycles. The van der Waals surface area contributed by atoms with Crippen LogP contribution in [-0.2, 0) is 11.3 Å². The molecule has 2 N–H and O–H groups in total. The van der Waals surface area contributed by atoms with E-state index in [0.29, 0.717) is 18.0 Å². The Hall–Kier alpha value is -1.27. The third kappa shape index (κ3) is 2.70. The van der Waals surface area contributed by atoms with E-state index in [4.69, 9.17) is 14.6 Å². The molecule has 17 heavy (non-hydrogen) atoms. The number of halogens is 1. The van der Waals surface area contributed by atoms with E-state index in [1.165, 1.54) is 0 Å². The molecule has 6 heteroatoms. The fourth-order valence-electron chi connectivity index (χ4n) is 1.48. The van der Waals surface area contributed by atoms with Crippen LogP contribution in [0.25, 0.3) is 0 Å². The van der Waals surface area contributed by atoms with E-state index in [9.17, 15) is 4.79 Å². The number of rotatable bonds is 4. The van der Waals surface area contributed by atoms with Gasteiger partial charge < -0.3 is 19.9 Å². The molecule has 1 aliphatic heterocycles. The Balaban J connectivity index is 2.07. The average Bonchev–Trinajstić information content (AvgIpc) is 2.74. The lowest BCUT2D eigenvalue weighted by Gasteiger charge is -2.10. The highest BCUT2D eigenvalue weighted by Gasteiger charge is 2.18. The van der Waals surface area contributed by atoms with Crippen molar-refractivity contribution in [3.05, 3.63) is 22.2 Å². The summed E-state index contributed by atoms with van der Waals surface area (Å²) in [6.07, 6.45) is 0. The predicted molar refractivity (Wildman–Crippen MR) is 64.2 cm³/mol. The van der Waals surface area contributed by atoms with Crippen LogP contribution in [0.3, 0.4) is 0 Å². The molecule has 1 aromatic rings. The van der Waals surface area contributed by atoms with Gasteiger partial charge in [0.05, 0.1) is 4.47 Å². The summed E-state index contributed by atoms with van der Waals surface area (Å²) in [6, 6.07) is 3.14. The summed E-state index contributed by atoms with van der Waals surface area (Å²) in [4.78, 5) is 10.7. The fraction of sp³-hybridized carbons (Fsp3) is 0.364. The molecule has 0 saturated carbocycles. The minimum atomic E-state index is -0.871. The highest BCUT2D eigenvalue weighted by molar-refractivity contribution is 9.10. The highest BCUT2D eigenvalue weighted by atomic mass is 79.9. The number of ether oxygens (including phenoxy) is 2. The first-order chi connectivity index (χ1) is 8.08. The lowest BCUT2D eigenvalue weighted by atomic mass is 10.2. The van der Waals surface area contributed by atoms with Crippen LogP contribution in [0.1, 0.15) is 12.5 Å². The highest BCUT2D eigenvalue weighted by Crippen LogP contribution is 2.39. The first kappa shape index (κ1) is 12.2. The van der Waals surface area contributed by atoms with Crippen LogP contribution in [0.4, 0.5) is 0 Å². The number of carboxylic acid groups (broad SMARTS) is 1. The average molecular weight is 302 g/mol. The lowest BCUT2D eigenvalue weighted by molar-refractivity contribution is -0.139. The molecule has 0 saturated heterocycles. The van der Waals surface area contributed by atoms with Gasteiger partial charge in [0.25, 0.3) is 0 Å². The van der Waals surface area contributed by atoms with Crippen molar-refractivity contribution in [2.24, 2.45) is 0 Å². The van der Waals surface area contributed by atoms with Gasteiger partial charge >= 0.3 is 5.97 Å². The van der Waals surface area contributed by atoms with Crippen LogP contribution >= 0.6 is 15.9 Å². The minimum Gasteiger partial charge on any atom is -0.480 e. The van der Waals surface area contributed by atoms with Crippen LogP contribution in [-0.4, -0.2) is 23.9 Å². The number of hydrogen-bond donors (Lipinski definition) is 2. The van der Waals surface area contributed by atoms with Crippen molar-refractivity contribution in [3.63, 3.8) is 0 Å². The maximum Gasteiger partial charge on any atom is 0.320 e. The number of benzene rings is 1. The predicted octanol–water partition coefficient (Wildman–Crippen LogP) is 1.74. The van der Waals surface area contributed by atoms with Gasteiger partial charge in [0.2, 0.25) is 6.79 Å². The van der Waals surface area contributed by atoms with Gasteiger partial charge in [0, 0.05) is 6.54 Å². The number of carboxylic acids is 1. The van der Waals surface area contributed by atoms with Gasteiger partial charge in [-0.25, -0.2) is 0 Å². The van der Waals surface area contributed by atoms with E-state index in [1.54, 1.807) is 6.92 Å².